The Kier molecular flexibility index (Phi) is 4.08. The highest BCUT2D eigenvalue weighted by atomic mass is 79.9. The first-order valence-corrected chi connectivity index (χ1v) is 5.35. The minimum atomic E-state index is -0.795. The van der Waals surface area contributed by atoms with Gasteiger partial charge in [0, 0.05) is 24.3 Å². The maximum Gasteiger partial charge on any atom is 0.305 e. The molecule has 0 saturated carbocycles. The van der Waals surface area contributed by atoms with Crippen molar-refractivity contribution >= 4 is 27.7 Å². The number of halogens is 1. The summed E-state index contributed by atoms with van der Waals surface area (Å²) < 4.78 is 0.926. The molecule has 0 aliphatic carbocycles. The third-order valence-electron chi connectivity index (χ3n) is 2.04. The fourth-order valence-electron chi connectivity index (χ4n) is 1.30. The number of hydrogen-bond acceptors (Lipinski definition) is 3. The minimum Gasteiger partial charge on any atom is -0.481 e. The summed E-state index contributed by atoms with van der Waals surface area (Å²) >= 11 is 3.33. The summed E-state index contributed by atoms with van der Waals surface area (Å²) in [6.45, 7) is 2.41. The zero-order valence-corrected chi connectivity index (χ0v) is 10.3. The first-order chi connectivity index (χ1) is 7.00. The molecule has 15 heavy (non-hydrogen) atoms. The van der Waals surface area contributed by atoms with E-state index in [0.717, 1.165) is 15.9 Å². The molecular formula is C10H13BrN2O2. The summed E-state index contributed by atoms with van der Waals surface area (Å²) in [6, 6.07) is 1.96. The fraction of sp³-hybridized carbons (Fsp3) is 0.400. The minimum absolute atomic E-state index is 0.119. The van der Waals surface area contributed by atoms with Gasteiger partial charge in [-0.05, 0) is 34.5 Å². The molecule has 0 fully saturated rings. The van der Waals surface area contributed by atoms with Gasteiger partial charge in [0.2, 0.25) is 0 Å². The van der Waals surface area contributed by atoms with Crippen LogP contribution in [0.4, 0.5) is 5.82 Å². The van der Waals surface area contributed by atoms with Gasteiger partial charge in [-0.25, -0.2) is 4.98 Å². The second-order valence-corrected chi connectivity index (χ2v) is 4.28. The lowest BCUT2D eigenvalue weighted by atomic mass is 10.2. The molecular weight excluding hydrogens is 260 g/mol. The van der Waals surface area contributed by atoms with Crippen LogP contribution in [-0.2, 0) is 4.79 Å². The highest BCUT2D eigenvalue weighted by Gasteiger charge is 2.08. The zero-order chi connectivity index (χ0) is 11.4. The van der Waals surface area contributed by atoms with Crippen molar-refractivity contribution < 1.29 is 9.90 Å². The lowest BCUT2D eigenvalue weighted by Crippen LogP contribution is -2.22. The van der Waals surface area contributed by atoms with E-state index in [-0.39, 0.29) is 6.42 Å². The van der Waals surface area contributed by atoms with E-state index in [1.165, 1.54) is 0 Å². The molecule has 1 heterocycles. The molecule has 1 aromatic rings. The van der Waals surface area contributed by atoms with Crippen molar-refractivity contribution in [1.29, 1.82) is 0 Å². The van der Waals surface area contributed by atoms with Crippen LogP contribution >= 0.6 is 15.9 Å². The van der Waals surface area contributed by atoms with Gasteiger partial charge in [0.1, 0.15) is 5.82 Å². The number of anilines is 1. The van der Waals surface area contributed by atoms with Crippen LogP contribution in [0.25, 0.3) is 0 Å². The van der Waals surface area contributed by atoms with Gasteiger partial charge in [0.25, 0.3) is 0 Å². The lowest BCUT2D eigenvalue weighted by molar-refractivity contribution is -0.136. The number of pyridine rings is 1. The predicted octanol–water partition coefficient (Wildman–Crippen LogP) is 2.06. The first-order valence-electron chi connectivity index (χ1n) is 4.56. The predicted molar refractivity (Wildman–Crippen MR) is 62.2 cm³/mol. The van der Waals surface area contributed by atoms with Crippen LogP contribution < -0.4 is 4.90 Å². The fourth-order valence-corrected chi connectivity index (χ4v) is 1.75. The lowest BCUT2D eigenvalue weighted by Gasteiger charge is -2.19. The Hall–Kier alpha value is -1.10. The summed E-state index contributed by atoms with van der Waals surface area (Å²) in [6.07, 6.45) is 1.83. The van der Waals surface area contributed by atoms with E-state index in [9.17, 15) is 4.79 Å². The van der Waals surface area contributed by atoms with Gasteiger partial charge >= 0.3 is 5.97 Å². The monoisotopic (exact) mass is 272 g/mol. The Morgan fingerprint density at radius 1 is 1.67 bits per heavy atom. The molecule has 1 N–H and O–H groups in total. The van der Waals surface area contributed by atoms with Crippen LogP contribution in [-0.4, -0.2) is 29.7 Å². The second kappa shape index (κ2) is 5.11. The van der Waals surface area contributed by atoms with Crippen LogP contribution in [0, 0.1) is 6.92 Å². The standard InChI is InChI=1S/C10H13BrN2O2/c1-7-5-8(11)6-12-10(7)13(2)4-3-9(14)15/h5-6H,3-4H2,1-2H3,(H,14,15). The summed E-state index contributed by atoms with van der Waals surface area (Å²) in [4.78, 5) is 16.5. The van der Waals surface area contributed by atoms with Crippen molar-refractivity contribution in [3.8, 4) is 0 Å². The molecule has 0 aliphatic rings. The Morgan fingerprint density at radius 3 is 2.87 bits per heavy atom. The maximum atomic E-state index is 10.4. The van der Waals surface area contributed by atoms with E-state index in [0.29, 0.717) is 6.54 Å². The number of hydrogen-bond donors (Lipinski definition) is 1. The molecule has 0 radical (unpaired) electrons. The quantitative estimate of drug-likeness (QED) is 0.912. The number of rotatable bonds is 4. The summed E-state index contributed by atoms with van der Waals surface area (Å²) in [7, 11) is 1.84. The molecule has 0 aliphatic heterocycles. The van der Waals surface area contributed by atoms with Gasteiger partial charge in [0.05, 0.1) is 6.42 Å². The summed E-state index contributed by atoms with van der Waals surface area (Å²) in [5, 5.41) is 8.57. The molecule has 4 nitrogen and oxygen atoms in total. The van der Waals surface area contributed by atoms with Crippen LogP contribution in [0.2, 0.25) is 0 Å². The number of carbonyl (C=O) groups is 1. The smallest absolute Gasteiger partial charge is 0.305 e. The van der Waals surface area contributed by atoms with Gasteiger partial charge in [0.15, 0.2) is 0 Å². The molecule has 82 valence electrons. The maximum absolute atomic E-state index is 10.4. The number of aromatic nitrogens is 1. The first kappa shape index (κ1) is 12.0. The molecule has 0 unspecified atom stereocenters. The highest BCUT2D eigenvalue weighted by Crippen LogP contribution is 2.19. The molecule has 0 bridgehead atoms. The summed E-state index contributed by atoms with van der Waals surface area (Å²) in [5.41, 5.74) is 1.03. The van der Waals surface area contributed by atoms with E-state index in [1.54, 1.807) is 6.20 Å². The van der Waals surface area contributed by atoms with Crippen LogP contribution in [0.3, 0.4) is 0 Å². The molecule has 0 saturated heterocycles. The molecule has 0 spiro atoms. The van der Waals surface area contributed by atoms with Crippen molar-refractivity contribution in [3.05, 3.63) is 22.3 Å². The largest absolute Gasteiger partial charge is 0.481 e. The molecule has 1 rings (SSSR count). The topological polar surface area (TPSA) is 53.4 Å². The average molecular weight is 273 g/mol. The van der Waals surface area contributed by atoms with Crippen molar-refractivity contribution in [2.75, 3.05) is 18.5 Å². The van der Waals surface area contributed by atoms with Crippen LogP contribution in [0.1, 0.15) is 12.0 Å². The van der Waals surface area contributed by atoms with E-state index in [1.807, 2.05) is 24.9 Å². The van der Waals surface area contributed by atoms with Crippen molar-refractivity contribution in [2.45, 2.75) is 13.3 Å². The average Bonchev–Trinajstić information content (AvgIpc) is 2.14. The summed E-state index contributed by atoms with van der Waals surface area (Å²) in [5.74, 6) is 0.0241. The highest BCUT2D eigenvalue weighted by molar-refractivity contribution is 9.10. The Bertz CT molecular complexity index is 368. The van der Waals surface area contributed by atoms with E-state index in [4.69, 9.17) is 5.11 Å². The SMILES string of the molecule is Cc1cc(Br)cnc1N(C)CCC(=O)O. The van der Waals surface area contributed by atoms with E-state index < -0.39 is 5.97 Å². The molecule has 0 amide bonds. The van der Waals surface area contributed by atoms with Gasteiger partial charge in [-0.15, -0.1) is 0 Å². The molecule has 5 heteroatoms. The number of carboxylic acid groups (broad SMARTS) is 1. The van der Waals surface area contributed by atoms with Crippen molar-refractivity contribution in [1.82, 2.24) is 4.98 Å². The molecule has 0 aromatic carbocycles. The molecule has 1 aromatic heterocycles. The molecule has 0 atom stereocenters. The van der Waals surface area contributed by atoms with Gasteiger partial charge in [-0.3, -0.25) is 4.79 Å². The second-order valence-electron chi connectivity index (χ2n) is 3.36. The van der Waals surface area contributed by atoms with E-state index >= 15 is 0 Å². The van der Waals surface area contributed by atoms with Gasteiger partial charge in [-0.2, -0.15) is 0 Å². The van der Waals surface area contributed by atoms with Crippen molar-refractivity contribution in [3.63, 3.8) is 0 Å². The number of nitrogens with zero attached hydrogens (tertiary/aromatic N) is 2. The Labute approximate surface area is 97.1 Å². The number of aliphatic carboxylic acids is 1. The number of carboxylic acids is 1. The van der Waals surface area contributed by atoms with Gasteiger partial charge < -0.3 is 10.0 Å². The third kappa shape index (κ3) is 3.51. The Balaban J connectivity index is 2.73. The number of aryl methyl sites for hydroxylation is 1. The normalized spacial score (nSPS) is 10.1. The van der Waals surface area contributed by atoms with E-state index in [2.05, 4.69) is 20.9 Å². The van der Waals surface area contributed by atoms with Crippen LogP contribution in [0.5, 0.6) is 0 Å². The van der Waals surface area contributed by atoms with Crippen molar-refractivity contribution in [2.24, 2.45) is 0 Å². The zero-order valence-electron chi connectivity index (χ0n) is 8.70. The Morgan fingerprint density at radius 2 is 2.33 bits per heavy atom. The third-order valence-corrected chi connectivity index (χ3v) is 2.47. The van der Waals surface area contributed by atoms with Crippen LogP contribution in [0.15, 0.2) is 16.7 Å². The van der Waals surface area contributed by atoms with Gasteiger partial charge in [-0.1, -0.05) is 0 Å².